The Morgan fingerprint density at radius 1 is 1.11 bits per heavy atom. The first-order valence-electron chi connectivity index (χ1n) is 7.86. The summed E-state index contributed by atoms with van der Waals surface area (Å²) in [6.45, 7) is 10.9. The summed E-state index contributed by atoms with van der Waals surface area (Å²) in [6, 6.07) is 1.53. The smallest absolute Gasteiger partial charge is 0.0252 e. The Labute approximate surface area is 113 Å². The number of hydrogen-bond acceptors (Lipinski definition) is 3. The van der Waals surface area contributed by atoms with E-state index in [4.69, 9.17) is 0 Å². The monoisotopic (exact) mass is 253 g/mol. The average molecular weight is 253 g/mol. The highest BCUT2D eigenvalue weighted by atomic mass is 15.3. The number of rotatable bonds is 4. The van der Waals surface area contributed by atoms with Crippen LogP contribution in [0.4, 0.5) is 0 Å². The molecule has 3 unspecified atom stereocenters. The van der Waals surface area contributed by atoms with Crippen LogP contribution in [0, 0.1) is 5.92 Å². The Bertz CT molecular complexity index is 223. The number of nitrogens with one attached hydrogen (secondary N) is 1. The van der Waals surface area contributed by atoms with Crippen molar-refractivity contribution in [2.75, 3.05) is 39.8 Å². The van der Waals surface area contributed by atoms with Crippen LogP contribution in [-0.4, -0.2) is 61.7 Å². The second-order valence-electron chi connectivity index (χ2n) is 6.39. The third-order valence-corrected chi connectivity index (χ3v) is 4.74. The van der Waals surface area contributed by atoms with E-state index in [1.165, 1.54) is 58.4 Å². The van der Waals surface area contributed by atoms with Gasteiger partial charge in [0.15, 0.2) is 0 Å². The number of hydrogen-bond donors (Lipinski definition) is 1. The predicted molar refractivity (Wildman–Crippen MR) is 78.0 cm³/mol. The Morgan fingerprint density at radius 2 is 1.83 bits per heavy atom. The molecule has 2 fully saturated rings. The number of likely N-dealkylation sites (N-methyl/N-ethyl adjacent to an activating group) is 1. The standard InChI is InChI=1S/C15H31N3/c1-4-7-16-14-6-5-13(2)12-15(14)18-10-8-17(3)9-11-18/h13-16H,4-12H2,1-3H3. The van der Waals surface area contributed by atoms with Crippen molar-refractivity contribution < 1.29 is 0 Å². The van der Waals surface area contributed by atoms with E-state index >= 15 is 0 Å². The first-order valence-corrected chi connectivity index (χ1v) is 7.86. The van der Waals surface area contributed by atoms with E-state index < -0.39 is 0 Å². The predicted octanol–water partition coefficient (Wildman–Crippen LogP) is 1.79. The van der Waals surface area contributed by atoms with Crippen LogP contribution >= 0.6 is 0 Å². The van der Waals surface area contributed by atoms with Crippen LogP contribution in [0.3, 0.4) is 0 Å². The van der Waals surface area contributed by atoms with Crippen LogP contribution in [0.1, 0.15) is 39.5 Å². The average Bonchev–Trinajstić information content (AvgIpc) is 2.38. The van der Waals surface area contributed by atoms with Gasteiger partial charge in [0.2, 0.25) is 0 Å². The molecule has 3 heteroatoms. The summed E-state index contributed by atoms with van der Waals surface area (Å²) >= 11 is 0. The molecule has 2 rings (SSSR count). The minimum Gasteiger partial charge on any atom is -0.312 e. The summed E-state index contributed by atoms with van der Waals surface area (Å²) in [7, 11) is 2.24. The van der Waals surface area contributed by atoms with Gasteiger partial charge in [-0.15, -0.1) is 0 Å². The van der Waals surface area contributed by atoms with E-state index in [0.717, 1.165) is 18.0 Å². The molecule has 3 nitrogen and oxygen atoms in total. The van der Waals surface area contributed by atoms with Gasteiger partial charge in [0.1, 0.15) is 0 Å². The minimum absolute atomic E-state index is 0.740. The third kappa shape index (κ3) is 3.69. The van der Waals surface area contributed by atoms with Crippen LogP contribution in [0.15, 0.2) is 0 Å². The summed E-state index contributed by atoms with van der Waals surface area (Å²) in [5, 5.41) is 3.80. The molecule has 3 atom stereocenters. The molecule has 0 aromatic carbocycles. The highest BCUT2D eigenvalue weighted by molar-refractivity contribution is 4.91. The minimum atomic E-state index is 0.740. The van der Waals surface area contributed by atoms with Gasteiger partial charge in [-0.2, -0.15) is 0 Å². The van der Waals surface area contributed by atoms with Crippen molar-refractivity contribution in [3.8, 4) is 0 Å². The molecule has 106 valence electrons. The summed E-state index contributed by atoms with van der Waals surface area (Å²) in [5.74, 6) is 0.911. The van der Waals surface area contributed by atoms with Crippen molar-refractivity contribution in [1.29, 1.82) is 0 Å². The fourth-order valence-corrected chi connectivity index (χ4v) is 3.48. The van der Waals surface area contributed by atoms with Crippen LogP contribution in [0.25, 0.3) is 0 Å². The zero-order valence-electron chi connectivity index (χ0n) is 12.5. The van der Waals surface area contributed by atoms with Crippen molar-refractivity contribution in [3.05, 3.63) is 0 Å². The molecule has 1 aliphatic heterocycles. The fourth-order valence-electron chi connectivity index (χ4n) is 3.48. The highest BCUT2D eigenvalue weighted by Gasteiger charge is 2.33. The second kappa shape index (κ2) is 6.88. The Kier molecular flexibility index (Phi) is 5.46. The van der Waals surface area contributed by atoms with Gasteiger partial charge in [0.05, 0.1) is 0 Å². The van der Waals surface area contributed by atoms with Gasteiger partial charge in [0, 0.05) is 38.3 Å². The normalized spacial score (nSPS) is 35.8. The lowest BCUT2D eigenvalue weighted by Gasteiger charge is -2.45. The zero-order valence-corrected chi connectivity index (χ0v) is 12.5. The van der Waals surface area contributed by atoms with Crippen LogP contribution in [0.2, 0.25) is 0 Å². The number of piperazine rings is 1. The maximum Gasteiger partial charge on any atom is 0.0252 e. The maximum absolute atomic E-state index is 3.80. The highest BCUT2D eigenvalue weighted by Crippen LogP contribution is 2.28. The van der Waals surface area contributed by atoms with E-state index in [1.54, 1.807) is 0 Å². The number of nitrogens with zero attached hydrogens (tertiary/aromatic N) is 2. The van der Waals surface area contributed by atoms with Crippen LogP contribution in [0.5, 0.6) is 0 Å². The van der Waals surface area contributed by atoms with Gasteiger partial charge in [-0.05, 0) is 45.2 Å². The van der Waals surface area contributed by atoms with Gasteiger partial charge >= 0.3 is 0 Å². The molecule has 0 aromatic heterocycles. The SMILES string of the molecule is CCCNC1CCC(C)CC1N1CCN(C)CC1. The first kappa shape index (κ1) is 14.3. The lowest BCUT2D eigenvalue weighted by molar-refractivity contribution is 0.0584. The van der Waals surface area contributed by atoms with Crippen LogP contribution in [-0.2, 0) is 0 Å². The zero-order chi connectivity index (χ0) is 13.0. The van der Waals surface area contributed by atoms with Crippen molar-refractivity contribution in [2.24, 2.45) is 5.92 Å². The molecular weight excluding hydrogens is 222 g/mol. The van der Waals surface area contributed by atoms with Crippen molar-refractivity contribution in [3.63, 3.8) is 0 Å². The molecular formula is C15H31N3. The lowest BCUT2D eigenvalue weighted by Crippen LogP contribution is -2.57. The summed E-state index contributed by atoms with van der Waals surface area (Å²) in [6.07, 6.45) is 5.43. The first-order chi connectivity index (χ1) is 8.70. The Balaban J connectivity index is 1.91. The third-order valence-electron chi connectivity index (χ3n) is 4.74. The maximum atomic E-state index is 3.80. The largest absolute Gasteiger partial charge is 0.312 e. The van der Waals surface area contributed by atoms with Gasteiger partial charge in [-0.3, -0.25) is 4.90 Å². The molecule has 1 N–H and O–H groups in total. The van der Waals surface area contributed by atoms with Crippen molar-refractivity contribution in [2.45, 2.75) is 51.6 Å². The molecule has 18 heavy (non-hydrogen) atoms. The molecule has 1 saturated heterocycles. The molecule has 0 radical (unpaired) electrons. The Morgan fingerprint density at radius 3 is 2.50 bits per heavy atom. The summed E-state index contributed by atoms with van der Waals surface area (Å²) in [4.78, 5) is 5.21. The van der Waals surface area contributed by atoms with E-state index in [2.05, 4.69) is 36.0 Å². The van der Waals surface area contributed by atoms with E-state index in [9.17, 15) is 0 Å². The molecule has 0 amide bonds. The fraction of sp³-hybridized carbons (Fsp3) is 1.00. The lowest BCUT2D eigenvalue weighted by atomic mass is 9.82. The second-order valence-corrected chi connectivity index (χ2v) is 6.39. The topological polar surface area (TPSA) is 18.5 Å². The van der Waals surface area contributed by atoms with Crippen LogP contribution < -0.4 is 5.32 Å². The molecule has 0 bridgehead atoms. The molecule has 1 heterocycles. The molecule has 1 saturated carbocycles. The van der Waals surface area contributed by atoms with Gasteiger partial charge in [-0.25, -0.2) is 0 Å². The van der Waals surface area contributed by atoms with Gasteiger partial charge in [-0.1, -0.05) is 13.8 Å². The van der Waals surface area contributed by atoms with E-state index in [1.807, 2.05) is 0 Å². The quantitative estimate of drug-likeness (QED) is 0.824. The van der Waals surface area contributed by atoms with E-state index in [-0.39, 0.29) is 0 Å². The summed E-state index contributed by atoms with van der Waals surface area (Å²) < 4.78 is 0. The summed E-state index contributed by atoms with van der Waals surface area (Å²) in [5.41, 5.74) is 0. The molecule has 0 spiro atoms. The van der Waals surface area contributed by atoms with Crippen molar-refractivity contribution in [1.82, 2.24) is 15.1 Å². The van der Waals surface area contributed by atoms with Gasteiger partial charge in [0.25, 0.3) is 0 Å². The Hall–Kier alpha value is -0.120. The van der Waals surface area contributed by atoms with Crippen molar-refractivity contribution >= 4 is 0 Å². The van der Waals surface area contributed by atoms with Gasteiger partial charge < -0.3 is 10.2 Å². The van der Waals surface area contributed by atoms with E-state index in [0.29, 0.717) is 0 Å². The molecule has 0 aromatic rings. The molecule has 2 aliphatic rings. The molecule has 1 aliphatic carbocycles.